The molecule has 0 aromatic rings. The second-order valence-electron chi connectivity index (χ2n) is 3.56. The van der Waals surface area contributed by atoms with E-state index in [1.165, 1.54) is 5.57 Å². The fraction of sp³-hybridized carbons (Fsp3) is 0.417. The lowest BCUT2D eigenvalue weighted by atomic mass is 10.0. The monoisotopic (exact) mass is 176 g/mol. The van der Waals surface area contributed by atoms with Crippen LogP contribution in [-0.2, 0) is 4.79 Å². The normalized spacial score (nSPS) is 23.2. The minimum absolute atomic E-state index is 0.318. The largest absolute Gasteiger partial charge is 0.295 e. The molecule has 13 heavy (non-hydrogen) atoms. The highest BCUT2D eigenvalue weighted by atomic mass is 16.1. The zero-order valence-corrected chi connectivity index (χ0v) is 8.34. The van der Waals surface area contributed by atoms with Gasteiger partial charge in [-0.3, -0.25) is 4.79 Å². The quantitative estimate of drug-likeness (QED) is 0.604. The average molecular weight is 176 g/mol. The first-order chi connectivity index (χ1) is 6.16. The van der Waals surface area contributed by atoms with Gasteiger partial charge >= 0.3 is 0 Å². The Kier molecular flexibility index (Phi) is 3.24. The molecule has 0 saturated carbocycles. The summed E-state index contributed by atoms with van der Waals surface area (Å²) in [5.41, 5.74) is 2.27. The van der Waals surface area contributed by atoms with Crippen molar-refractivity contribution in [3.8, 4) is 0 Å². The predicted octanol–water partition coefficient (Wildman–Crippen LogP) is 3.04. The Labute approximate surface area is 79.8 Å². The molecular weight excluding hydrogens is 160 g/mol. The van der Waals surface area contributed by atoms with Crippen molar-refractivity contribution >= 4 is 5.78 Å². The number of hydrogen-bond donors (Lipinski definition) is 0. The number of rotatable bonds is 3. The second-order valence-corrected chi connectivity index (χ2v) is 3.56. The number of Topliss-reactive ketones (excluding diaryl/α,β-unsaturated/α-hetero) is 1. The zero-order chi connectivity index (χ0) is 9.84. The van der Waals surface area contributed by atoms with Crippen LogP contribution in [0.2, 0.25) is 0 Å². The highest BCUT2D eigenvalue weighted by molar-refractivity contribution is 5.99. The SMILES string of the molecule is C=C/C=C\CC1=C(C)C(C)CC1=O. The molecule has 1 rings (SSSR count). The van der Waals surface area contributed by atoms with E-state index in [1.54, 1.807) is 6.08 Å². The molecule has 1 heteroatoms. The fourth-order valence-corrected chi connectivity index (χ4v) is 1.63. The maximum atomic E-state index is 11.5. The lowest BCUT2D eigenvalue weighted by Crippen LogP contribution is -1.95. The van der Waals surface area contributed by atoms with Crippen molar-refractivity contribution in [1.29, 1.82) is 0 Å². The molecule has 0 heterocycles. The summed E-state index contributed by atoms with van der Waals surface area (Å²) in [7, 11) is 0. The van der Waals surface area contributed by atoms with Gasteiger partial charge in [-0.1, -0.05) is 37.3 Å². The first kappa shape index (κ1) is 9.97. The molecule has 0 amide bonds. The van der Waals surface area contributed by atoms with Crippen LogP contribution in [0.4, 0.5) is 0 Å². The van der Waals surface area contributed by atoms with Gasteiger partial charge in [-0.25, -0.2) is 0 Å². The van der Waals surface area contributed by atoms with E-state index in [9.17, 15) is 4.79 Å². The van der Waals surface area contributed by atoms with E-state index in [0.717, 1.165) is 12.0 Å². The molecule has 70 valence electrons. The molecule has 0 spiro atoms. The number of allylic oxidation sites excluding steroid dienone is 5. The van der Waals surface area contributed by atoms with Crippen LogP contribution in [-0.4, -0.2) is 5.78 Å². The van der Waals surface area contributed by atoms with Crippen LogP contribution < -0.4 is 0 Å². The van der Waals surface area contributed by atoms with Gasteiger partial charge in [0, 0.05) is 6.42 Å². The van der Waals surface area contributed by atoms with Crippen LogP contribution in [0.15, 0.2) is 36.0 Å². The zero-order valence-electron chi connectivity index (χ0n) is 8.34. The van der Waals surface area contributed by atoms with E-state index in [4.69, 9.17) is 0 Å². The average Bonchev–Trinajstić information content (AvgIpc) is 2.32. The molecule has 0 fully saturated rings. The second kappa shape index (κ2) is 4.22. The summed E-state index contributed by atoms with van der Waals surface area (Å²) >= 11 is 0. The summed E-state index contributed by atoms with van der Waals surface area (Å²) < 4.78 is 0. The maximum absolute atomic E-state index is 11.5. The van der Waals surface area contributed by atoms with Gasteiger partial charge < -0.3 is 0 Å². The Bertz CT molecular complexity index is 281. The molecule has 0 bridgehead atoms. The minimum atomic E-state index is 0.318. The van der Waals surface area contributed by atoms with Crippen molar-refractivity contribution in [2.45, 2.75) is 26.7 Å². The van der Waals surface area contributed by atoms with Gasteiger partial charge in [-0.15, -0.1) is 0 Å². The van der Waals surface area contributed by atoms with Crippen LogP contribution in [0, 0.1) is 5.92 Å². The maximum Gasteiger partial charge on any atom is 0.159 e. The van der Waals surface area contributed by atoms with Gasteiger partial charge in [-0.2, -0.15) is 0 Å². The molecule has 0 aliphatic heterocycles. The van der Waals surface area contributed by atoms with Gasteiger partial charge in [0.25, 0.3) is 0 Å². The summed E-state index contributed by atoms with van der Waals surface area (Å²) in [5.74, 6) is 0.762. The molecule has 1 nitrogen and oxygen atoms in total. The van der Waals surface area contributed by atoms with E-state index in [2.05, 4.69) is 20.4 Å². The summed E-state index contributed by atoms with van der Waals surface area (Å²) in [6, 6.07) is 0. The van der Waals surface area contributed by atoms with Gasteiger partial charge in [0.05, 0.1) is 0 Å². The van der Waals surface area contributed by atoms with Crippen molar-refractivity contribution in [1.82, 2.24) is 0 Å². The third-order valence-electron chi connectivity index (χ3n) is 2.64. The highest BCUT2D eigenvalue weighted by Gasteiger charge is 2.24. The molecule has 1 atom stereocenters. The van der Waals surface area contributed by atoms with Gasteiger partial charge in [0.2, 0.25) is 0 Å². The van der Waals surface area contributed by atoms with E-state index >= 15 is 0 Å². The first-order valence-electron chi connectivity index (χ1n) is 4.67. The number of carbonyl (C=O) groups is 1. The molecule has 0 aromatic carbocycles. The Morgan fingerprint density at radius 1 is 1.62 bits per heavy atom. The molecule has 1 unspecified atom stereocenters. The molecular formula is C12H16O. The van der Waals surface area contributed by atoms with E-state index < -0.39 is 0 Å². The van der Waals surface area contributed by atoms with Gasteiger partial charge in [-0.05, 0) is 24.8 Å². The van der Waals surface area contributed by atoms with Crippen molar-refractivity contribution < 1.29 is 4.79 Å². The molecule has 1 aliphatic carbocycles. The summed E-state index contributed by atoms with van der Waals surface area (Å²) in [4.78, 5) is 11.5. The summed E-state index contributed by atoms with van der Waals surface area (Å²) in [5, 5.41) is 0. The molecule has 0 radical (unpaired) electrons. The van der Waals surface area contributed by atoms with Gasteiger partial charge in [0.15, 0.2) is 5.78 Å². The van der Waals surface area contributed by atoms with Crippen molar-refractivity contribution in [3.05, 3.63) is 36.0 Å². The van der Waals surface area contributed by atoms with E-state index in [1.807, 2.05) is 12.2 Å². The molecule has 0 saturated heterocycles. The number of hydrogen-bond acceptors (Lipinski definition) is 1. The number of carbonyl (C=O) groups excluding carboxylic acids is 1. The smallest absolute Gasteiger partial charge is 0.159 e. The minimum Gasteiger partial charge on any atom is -0.295 e. The Morgan fingerprint density at radius 3 is 2.77 bits per heavy atom. The Balaban J connectivity index is 2.72. The Hall–Kier alpha value is -1.11. The summed E-state index contributed by atoms with van der Waals surface area (Å²) in [6.07, 6.45) is 7.07. The fourth-order valence-electron chi connectivity index (χ4n) is 1.63. The van der Waals surface area contributed by atoms with Crippen LogP contribution in [0.1, 0.15) is 26.7 Å². The molecule has 1 aliphatic rings. The molecule has 0 N–H and O–H groups in total. The summed E-state index contributed by atoms with van der Waals surface area (Å²) in [6.45, 7) is 7.76. The number of ketones is 1. The standard InChI is InChI=1S/C12H16O/c1-4-5-6-7-11-10(3)9(2)8-12(11)13/h4-6,9H,1,7-8H2,2-3H3/b6-5-. The van der Waals surface area contributed by atoms with Crippen LogP contribution >= 0.6 is 0 Å². The van der Waals surface area contributed by atoms with Crippen molar-refractivity contribution in [2.24, 2.45) is 5.92 Å². The van der Waals surface area contributed by atoms with Crippen LogP contribution in [0.25, 0.3) is 0 Å². The first-order valence-corrected chi connectivity index (χ1v) is 4.67. The van der Waals surface area contributed by atoms with Crippen molar-refractivity contribution in [2.75, 3.05) is 0 Å². The third-order valence-corrected chi connectivity index (χ3v) is 2.64. The van der Waals surface area contributed by atoms with Crippen molar-refractivity contribution in [3.63, 3.8) is 0 Å². The van der Waals surface area contributed by atoms with Gasteiger partial charge in [0.1, 0.15) is 0 Å². The van der Waals surface area contributed by atoms with Crippen LogP contribution in [0.5, 0.6) is 0 Å². The third kappa shape index (κ3) is 2.18. The van der Waals surface area contributed by atoms with E-state index in [-0.39, 0.29) is 0 Å². The topological polar surface area (TPSA) is 17.1 Å². The lowest BCUT2D eigenvalue weighted by Gasteiger charge is -2.00. The lowest BCUT2D eigenvalue weighted by molar-refractivity contribution is -0.115. The molecule has 0 aromatic heterocycles. The highest BCUT2D eigenvalue weighted by Crippen LogP contribution is 2.30. The van der Waals surface area contributed by atoms with Crippen LogP contribution in [0.3, 0.4) is 0 Å². The van der Waals surface area contributed by atoms with E-state index in [0.29, 0.717) is 18.1 Å². The predicted molar refractivity (Wildman–Crippen MR) is 55.4 cm³/mol. The Morgan fingerprint density at radius 2 is 2.31 bits per heavy atom.